The SMILES string of the molecule is CCCC(=N)N1CC(=O)Nc2ccccc21. The van der Waals surface area contributed by atoms with Crippen molar-refractivity contribution in [2.24, 2.45) is 0 Å². The highest BCUT2D eigenvalue weighted by molar-refractivity contribution is 6.10. The maximum Gasteiger partial charge on any atom is 0.244 e. The topological polar surface area (TPSA) is 56.2 Å². The zero-order valence-electron chi connectivity index (χ0n) is 9.29. The van der Waals surface area contributed by atoms with Gasteiger partial charge in [0.2, 0.25) is 5.91 Å². The predicted octanol–water partition coefficient (Wildman–Crippen LogP) is 2.22. The van der Waals surface area contributed by atoms with E-state index in [1.54, 1.807) is 4.90 Å². The van der Waals surface area contributed by atoms with Crippen LogP contribution in [0.15, 0.2) is 24.3 Å². The maximum atomic E-state index is 11.5. The summed E-state index contributed by atoms with van der Waals surface area (Å²) < 4.78 is 0. The third-order valence-electron chi connectivity index (χ3n) is 2.58. The molecule has 84 valence electrons. The molecule has 16 heavy (non-hydrogen) atoms. The number of amides is 1. The van der Waals surface area contributed by atoms with Crippen LogP contribution in [0.3, 0.4) is 0 Å². The number of hydrogen-bond donors (Lipinski definition) is 2. The van der Waals surface area contributed by atoms with Crippen molar-refractivity contribution in [1.29, 1.82) is 5.41 Å². The second-order valence-electron chi connectivity index (χ2n) is 3.85. The van der Waals surface area contributed by atoms with Gasteiger partial charge in [-0.25, -0.2) is 0 Å². The Morgan fingerprint density at radius 2 is 2.25 bits per heavy atom. The molecule has 1 aromatic carbocycles. The predicted molar refractivity (Wildman–Crippen MR) is 65.1 cm³/mol. The van der Waals surface area contributed by atoms with Crippen molar-refractivity contribution in [2.45, 2.75) is 19.8 Å². The molecule has 0 saturated carbocycles. The van der Waals surface area contributed by atoms with Crippen LogP contribution in [0.5, 0.6) is 0 Å². The molecular formula is C12H15N3O. The third-order valence-corrected chi connectivity index (χ3v) is 2.58. The van der Waals surface area contributed by atoms with Crippen LogP contribution < -0.4 is 10.2 Å². The van der Waals surface area contributed by atoms with Gasteiger partial charge < -0.3 is 10.2 Å². The first-order valence-electron chi connectivity index (χ1n) is 5.46. The lowest BCUT2D eigenvalue weighted by Crippen LogP contribution is -2.41. The molecule has 0 atom stereocenters. The first kappa shape index (κ1) is 10.7. The van der Waals surface area contributed by atoms with Gasteiger partial charge in [-0.2, -0.15) is 0 Å². The van der Waals surface area contributed by atoms with Crippen molar-refractivity contribution in [2.75, 3.05) is 16.8 Å². The molecule has 2 N–H and O–H groups in total. The normalized spacial score (nSPS) is 14.3. The molecule has 1 aliphatic heterocycles. The molecule has 0 bridgehead atoms. The van der Waals surface area contributed by atoms with Crippen LogP contribution in [0.2, 0.25) is 0 Å². The molecule has 0 saturated heterocycles. The number of carbonyl (C=O) groups excluding carboxylic acids is 1. The van der Waals surface area contributed by atoms with Crippen molar-refractivity contribution < 1.29 is 4.79 Å². The Bertz CT molecular complexity index is 428. The average molecular weight is 217 g/mol. The van der Waals surface area contributed by atoms with Crippen molar-refractivity contribution in [3.63, 3.8) is 0 Å². The van der Waals surface area contributed by atoms with Crippen molar-refractivity contribution in [3.8, 4) is 0 Å². The molecule has 4 heteroatoms. The molecule has 0 radical (unpaired) electrons. The maximum absolute atomic E-state index is 11.5. The van der Waals surface area contributed by atoms with E-state index in [0.29, 0.717) is 12.3 Å². The minimum atomic E-state index is -0.0560. The molecule has 0 aliphatic carbocycles. The summed E-state index contributed by atoms with van der Waals surface area (Å²) in [6, 6.07) is 7.59. The summed E-state index contributed by atoms with van der Waals surface area (Å²) in [6.45, 7) is 2.28. The highest BCUT2D eigenvalue weighted by atomic mass is 16.2. The number of amidine groups is 1. The van der Waals surface area contributed by atoms with Gasteiger partial charge in [0.05, 0.1) is 11.4 Å². The second-order valence-corrected chi connectivity index (χ2v) is 3.85. The van der Waals surface area contributed by atoms with Crippen molar-refractivity contribution >= 4 is 23.1 Å². The Labute approximate surface area is 94.8 Å². The molecule has 1 aliphatic rings. The molecular weight excluding hydrogens is 202 g/mol. The van der Waals surface area contributed by atoms with Gasteiger partial charge in [0, 0.05) is 6.42 Å². The smallest absolute Gasteiger partial charge is 0.244 e. The van der Waals surface area contributed by atoms with Gasteiger partial charge in [-0.3, -0.25) is 10.2 Å². The first-order chi connectivity index (χ1) is 7.72. The minimum Gasteiger partial charge on any atom is -0.323 e. The van der Waals surface area contributed by atoms with Gasteiger partial charge in [0.25, 0.3) is 0 Å². The summed E-state index contributed by atoms with van der Waals surface area (Å²) in [6.07, 6.45) is 1.61. The van der Waals surface area contributed by atoms with Crippen LogP contribution in [0.4, 0.5) is 11.4 Å². The molecule has 0 aromatic heterocycles. The number of rotatable bonds is 2. The van der Waals surface area contributed by atoms with E-state index in [1.807, 2.05) is 31.2 Å². The number of para-hydroxylation sites is 2. The number of anilines is 2. The standard InChI is InChI=1S/C12H15N3O/c1-2-5-11(13)15-8-12(16)14-9-6-3-4-7-10(9)15/h3-4,6-7,13H,2,5,8H2,1H3,(H,14,16). The van der Waals surface area contributed by atoms with Crippen molar-refractivity contribution in [3.05, 3.63) is 24.3 Å². The molecule has 1 amide bonds. The molecule has 0 fully saturated rings. The second kappa shape index (κ2) is 4.35. The Hall–Kier alpha value is -1.84. The zero-order valence-corrected chi connectivity index (χ0v) is 9.29. The minimum absolute atomic E-state index is 0.0560. The Balaban J connectivity index is 2.33. The average Bonchev–Trinajstić information content (AvgIpc) is 2.28. The van der Waals surface area contributed by atoms with E-state index in [0.717, 1.165) is 17.8 Å². The van der Waals surface area contributed by atoms with E-state index >= 15 is 0 Å². The fourth-order valence-electron chi connectivity index (χ4n) is 1.85. The Kier molecular flexibility index (Phi) is 2.90. The van der Waals surface area contributed by atoms with Crippen LogP contribution in [0.25, 0.3) is 0 Å². The number of benzene rings is 1. The van der Waals surface area contributed by atoms with Crippen LogP contribution >= 0.6 is 0 Å². The molecule has 0 unspecified atom stereocenters. The fraction of sp³-hybridized carbons (Fsp3) is 0.333. The van der Waals surface area contributed by atoms with Gasteiger partial charge in [-0.1, -0.05) is 19.1 Å². The Morgan fingerprint density at radius 1 is 1.50 bits per heavy atom. The zero-order chi connectivity index (χ0) is 11.5. The molecule has 2 rings (SSSR count). The largest absolute Gasteiger partial charge is 0.323 e. The summed E-state index contributed by atoms with van der Waals surface area (Å²) in [4.78, 5) is 13.3. The van der Waals surface area contributed by atoms with E-state index in [4.69, 9.17) is 5.41 Å². The van der Waals surface area contributed by atoms with E-state index < -0.39 is 0 Å². The van der Waals surface area contributed by atoms with Crippen LogP contribution in [0, 0.1) is 5.41 Å². The lowest BCUT2D eigenvalue weighted by Gasteiger charge is -2.30. The highest BCUT2D eigenvalue weighted by Gasteiger charge is 2.23. The van der Waals surface area contributed by atoms with Gasteiger partial charge in [0.1, 0.15) is 12.4 Å². The summed E-state index contributed by atoms with van der Waals surface area (Å²) in [5.74, 6) is 0.448. The number of carbonyl (C=O) groups is 1. The Morgan fingerprint density at radius 3 is 3.00 bits per heavy atom. The van der Waals surface area contributed by atoms with Crippen LogP contribution in [0.1, 0.15) is 19.8 Å². The van der Waals surface area contributed by atoms with Gasteiger partial charge in [-0.15, -0.1) is 0 Å². The molecule has 1 heterocycles. The van der Waals surface area contributed by atoms with E-state index in [2.05, 4.69) is 5.32 Å². The number of hydrogen-bond acceptors (Lipinski definition) is 2. The summed E-state index contributed by atoms with van der Waals surface area (Å²) in [5.41, 5.74) is 1.71. The number of fused-ring (bicyclic) bond motifs is 1. The van der Waals surface area contributed by atoms with Gasteiger partial charge >= 0.3 is 0 Å². The fourth-order valence-corrected chi connectivity index (χ4v) is 1.85. The monoisotopic (exact) mass is 217 g/mol. The van der Waals surface area contributed by atoms with E-state index in [1.165, 1.54) is 0 Å². The van der Waals surface area contributed by atoms with Crippen LogP contribution in [-0.2, 0) is 4.79 Å². The lowest BCUT2D eigenvalue weighted by molar-refractivity contribution is -0.115. The summed E-state index contributed by atoms with van der Waals surface area (Å²) >= 11 is 0. The molecule has 1 aromatic rings. The number of nitrogens with zero attached hydrogens (tertiary/aromatic N) is 1. The van der Waals surface area contributed by atoms with Crippen molar-refractivity contribution in [1.82, 2.24) is 0 Å². The third kappa shape index (κ3) is 1.91. The van der Waals surface area contributed by atoms with Crippen LogP contribution in [-0.4, -0.2) is 18.3 Å². The van der Waals surface area contributed by atoms with Gasteiger partial charge in [-0.05, 0) is 18.6 Å². The van der Waals surface area contributed by atoms with E-state index in [9.17, 15) is 4.79 Å². The van der Waals surface area contributed by atoms with E-state index in [-0.39, 0.29) is 12.5 Å². The highest BCUT2D eigenvalue weighted by Crippen LogP contribution is 2.29. The summed E-state index contributed by atoms with van der Waals surface area (Å²) in [7, 11) is 0. The molecule has 0 spiro atoms. The van der Waals surface area contributed by atoms with Gasteiger partial charge in [0.15, 0.2) is 0 Å². The lowest BCUT2D eigenvalue weighted by atomic mass is 10.1. The quantitative estimate of drug-likeness (QED) is 0.589. The summed E-state index contributed by atoms with van der Waals surface area (Å²) in [5, 5.41) is 10.8. The number of nitrogens with one attached hydrogen (secondary N) is 2. The first-order valence-corrected chi connectivity index (χ1v) is 5.46. The molecule has 4 nitrogen and oxygen atoms in total.